The van der Waals surface area contributed by atoms with Gasteiger partial charge in [0.2, 0.25) is 0 Å². The third-order valence-electron chi connectivity index (χ3n) is 4.16. The zero-order chi connectivity index (χ0) is 13.1. The third kappa shape index (κ3) is 7.38. The molecule has 0 unspecified atom stereocenters. The molecule has 1 heterocycles. The van der Waals surface area contributed by atoms with Gasteiger partial charge in [-0.05, 0) is 45.4 Å². The number of nitrogens with zero attached hydrogens (tertiary/aromatic N) is 1. The van der Waals surface area contributed by atoms with Gasteiger partial charge in [0.25, 0.3) is 0 Å². The van der Waals surface area contributed by atoms with Crippen molar-refractivity contribution in [3.8, 4) is 0 Å². The highest BCUT2D eigenvalue weighted by Crippen LogP contribution is 2.12. The number of hydrogen-bond acceptors (Lipinski definition) is 2. The largest absolute Gasteiger partial charge is 0.314 e. The lowest BCUT2D eigenvalue weighted by atomic mass is 10.0. The summed E-state index contributed by atoms with van der Waals surface area (Å²) in [4.78, 5) is 2.67. The summed E-state index contributed by atoms with van der Waals surface area (Å²) in [6.45, 7) is 9.60. The maximum atomic E-state index is 3.57. The lowest BCUT2D eigenvalue weighted by Crippen LogP contribution is -2.42. The van der Waals surface area contributed by atoms with E-state index in [0.29, 0.717) is 0 Å². The molecular weight excluding hydrogens is 220 g/mol. The molecule has 0 atom stereocenters. The second-order valence-electron chi connectivity index (χ2n) is 5.79. The molecule has 1 rings (SSSR count). The highest BCUT2D eigenvalue weighted by Gasteiger charge is 2.17. The van der Waals surface area contributed by atoms with Crippen molar-refractivity contribution in [2.45, 2.75) is 77.7 Å². The van der Waals surface area contributed by atoms with Crippen LogP contribution in [0.1, 0.15) is 71.6 Å². The molecule has 0 aliphatic carbocycles. The summed E-state index contributed by atoms with van der Waals surface area (Å²) in [6.07, 6.45) is 12.7. The van der Waals surface area contributed by atoms with Crippen LogP contribution in [0.15, 0.2) is 0 Å². The van der Waals surface area contributed by atoms with Crippen LogP contribution in [0.25, 0.3) is 0 Å². The molecule has 0 aromatic carbocycles. The smallest absolute Gasteiger partial charge is 0.00912 e. The van der Waals surface area contributed by atoms with Gasteiger partial charge in [0, 0.05) is 6.04 Å². The van der Waals surface area contributed by atoms with Gasteiger partial charge in [-0.2, -0.15) is 0 Å². The van der Waals surface area contributed by atoms with Gasteiger partial charge in [-0.3, -0.25) is 0 Å². The summed E-state index contributed by atoms with van der Waals surface area (Å²) < 4.78 is 0. The van der Waals surface area contributed by atoms with E-state index in [1.54, 1.807) is 0 Å². The first-order chi connectivity index (χ1) is 8.86. The van der Waals surface area contributed by atoms with Gasteiger partial charge in [0.1, 0.15) is 0 Å². The zero-order valence-electron chi connectivity index (χ0n) is 12.7. The molecule has 1 aliphatic rings. The van der Waals surface area contributed by atoms with E-state index in [9.17, 15) is 0 Å². The summed E-state index contributed by atoms with van der Waals surface area (Å²) in [5.74, 6) is 0. The quantitative estimate of drug-likeness (QED) is 0.596. The van der Waals surface area contributed by atoms with Crippen molar-refractivity contribution < 1.29 is 0 Å². The van der Waals surface area contributed by atoms with Gasteiger partial charge >= 0.3 is 0 Å². The Morgan fingerprint density at radius 1 is 0.889 bits per heavy atom. The van der Waals surface area contributed by atoms with Crippen molar-refractivity contribution in [1.82, 2.24) is 10.2 Å². The Bertz CT molecular complexity index is 174. The average molecular weight is 254 g/mol. The first kappa shape index (κ1) is 16.0. The van der Waals surface area contributed by atoms with Crippen molar-refractivity contribution in [3.63, 3.8) is 0 Å². The summed E-state index contributed by atoms with van der Waals surface area (Å²) >= 11 is 0. The van der Waals surface area contributed by atoms with Crippen LogP contribution < -0.4 is 5.32 Å². The Hall–Kier alpha value is -0.0800. The number of likely N-dealkylation sites (tertiary alicyclic amines) is 1. The van der Waals surface area contributed by atoms with E-state index >= 15 is 0 Å². The molecule has 1 aliphatic heterocycles. The van der Waals surface area contributed by atoms with Crippen molar-refractivity contribution in [2.75, 3.05) is 26.2 Å². The summed E-state index contributed by atoms with van der Waals surface area (Å²) in [5, 5.41) is 3.57. The molecule has 18 heavy (non-hydrogen) atoms. The first-order valence-electron chi connectivity index (χ1n) is 8.32. The lowest BCUT2D eigenvalue weighted by molar-refractivity contribution is 0.195. The van der Waals surface area contributed by atoms with Crippen LogP contribution in [-0.2, 0) is 0 Å². The van der Waals surface area contributed by atoms with E-state index in [2.05, 4.69) is 24.1 Å². The van der Waals surface area contributed by atoms with E-state index in [4.69, 9.17) is 0 Å². The molecule has 1 fully saturated rings. The minimum absolute atomic E-state index is 0.792. The van der Waals surface area contributed by atoms with E-state index in [-0.39, 0.29) is 0 Å². The summed E-state index contributed by atoms with van der Waals surface area (Å²) in [7, 11) is 0. The van der Waals surface area contributed by atoms with Crippen LogP contribution in [0.4, 0.5) is 0 Å². The van der Waals surface area contributed by atoms with Crippen LogP contribution in [0.2, 0.25) is 0 Å². The van der Waals surface area contributed by atoms with Gasteiger partial charge in [0.15, 0.2) is 0 Å². The fourth-order valence-electron chi connectivity index (χ4n) is 2.94. The van der Waals surface area contributed by atoms with Crippen molar-refractivity contribution in [2.24, 2.45) is 0 Å². The van der Waals surface area contributed by atoms with E-state index in [0.717, 1.165) is 12.6 Å². The molecule has 2 heteroatoms. The first-order valence-corrected chi connectivity index (χ1v) is 8.32. The molecule has 0 bridgehead atoms. The van der Waals surface area contributed by atoms with Gasteiger partial charge in [-0.15, -0.1) is 0 Å². The second-order valence-corrected chi connectivity index (χ2v) is 5.79. The standard InChI is InChI=1S/C16H34N2/c1-3-5-6-7-8-9-10-13-18-14-11-16(12-15-18)17-4-2/h16-17H,3-15H2,1-2H3. The van der Waals surface area contributed by atoms with Gasteiger partial charge in [0.05, 0.1) is 0 Å². The number of piperidine rings is 1. The van der Waals surface area contributed by atoms with Crippen molar-refractivity contribution >= 4 is 0 Å². The highest BCUT2D eigenvalue weighted by atomic mass is 15.1. The Kier molecular flexibility index (Phi) is 9.59. The molecular formula is C16H34N2. The number of unbranched alkanes of at least 4 members (excludes halogenated alkanes) is 6. The molecule has 2 nitrogen and oxygen atoms in total. The molecule has 108 valence electrons. The molecule has 1 saturated heterocycles. The molecule has 0 amide bonds. The molecule has 0 radical (unpaired) electrons. The average Bonchev–Trinajstić information content (AvgIpc) is 2.40. The van der Waals surface area contributed by atoms with E-state index in [1.165, 1.54) is 77.4 Å². The molecule has 0 saturated carbocycles. The van der Waals surface area contributed by atoms with E-state index < -0.39 is 0 Å². The van der Waals surface area contributed by atoms with Gasteiger partial charge in [-0.25, -0.2) is 0 Å². The Labute approximate surface area is 115 Å². The van der Waals surface area contributed by atoms with E-state index in [1.807, 2.05) is 0 Å². The monoisotopic (exact) mass is 254 g/mol. The van der Waals surface area contributed by atoms with Crippen LogP contribution in [-0.4, -0.2) is 37.1 Å². The van der Waals surface area contributed by atoms with Crippen LogP contribution in [0, 0.1) is 0 Å². The highest BCUT2D eigenvalue weighted by molar-refractivity contribution is 4.76. The maximum absolute atomic E-state index is 3.57. The summed E-state index contributed by atoms with van der Waals surface area (Å²) in [5.41, 5.74) is 0. The predicted molar refractivity (Wildman–Crippen MR) is 81.1 cm³/mol. The van der Waals surface area contributed by atoms with Gasteiger partial charge < -0.3 is 10.2 Å². The summed E-state index contributed by atoms with van der Waals surface area (Å²) in [6, 6.07) is 0.792. The van der Waals surface area contributed by atoms with Gasteiger partial charge in [-0.1, -0.05) is 52.4 Å². The van der Waals surface area contributed by atoms with Crippen LogP contribution in [0.5, 0.6) is 0 Å². The Morgan fingerprint density at radius 3 is 2.11 bits per heavy atom. The lowest BCUT2D eigenvalue weighted by Gasteiger charge is -2.32. The minimum atomic E-state index is 0.792. The Morgan fingerprint density at radius 2 is 1.50 bits per heavy atom. The normalized spacial score (nSPS) is 18.3. The number of nitrogens with one attached hydrogen (secondary N) is 1. The number of rotatable bonds is 10. The number of hydrogen-bond donors (Lipinski definition) is 1. The molecule has 1 N–H and O–H groups in total. The van der Waals surface area contributed by atoms with Crippen molar-refractivity contribution in [1.29, 1.82) is 0 Å². The predicted octanol–water partition coefficient (Wildman–Crippen LogP) is 3.81. The fourth-order valence-corrected chi connectivity index (χ4v) is 2.94. The topological polar surface area (TPSA) is 15.3 Å². The van der Waals surface area contributed by atoms with Crippen LogP contribution in [0.3, 0.4) is 0 Å². The zero-order valence-corrected chi connectivity index (χ0v) is 12.7. The van der Waals surface area contributed by atoms with Crippen molar-refractivity contribution in [3.05, 3.63) is 0 Å². The third-order valence-corrected chi connectivity index (χ3v) is 4.16. The SMILES string of the molecule is CCCCCCCCCN1CCC(NCC)CC1. The Balaban J connectivity index is 1.88. The molecule has 0 aromatic heterocycles. The maximum Gasteiger partial charge on any atom is 0.00912 e. The second kappa shape index (κ2) is 10.8. The fraction of sp³-hybridized carbons (Fsp3) is 1.00. The van der Waals surface area contributed by atoms with Crippen LogP contribution >= 0.6 is 0 Å². The minimum Gasteiger partial charge on any atom is -0.314 e. The molecule has 0 spiro atoms. The molecule has 0 aromatic rings.